The second-order valence-corrected chi connectivity index (χ2v) is 5.37. The van der Waals surface area contributed by atoms with Crippen molar-refractivity contribution in [3.05, 3.63) is 28.8 Å². The van der Waals surface area contributed by atoms with E-state index < -0.39 is 5.97 Å². The van der Waals surface area contributed by atoms with E-state index in [0.29, 0.717) is 5.02 Å². The molecular formula is C12H14ClNO2. The number of hydrogen-bond donors (Lipinski definition) is 1. The van der Waals surface area contributed by atoms with Crippen LogP contribution < -0.4 is 4.90 Å². The van der Waals surface area contributed by atoms with Crippen LogP contribution in [0.2, 0.25) is 5.02 Å². The molecular weight excluding hydrogens is 226 g/mol. The third-order valence-electron chi connectivity index (χ3n) is 2.78. The van der Waals surface area contributed by atoms with E-state index in [-0.39, 0.29) is 11.0 Å². The number of nitrogens with zero attached hydrogens (tertiary/aromatic N) is 1. The minimum absolute atomic E-state index is 0.208. The van der Waals surface area contributed by atoms with Gasteiger partial charge in [-0.1, -0.05) is 31.5 Å². The SMILES string of the molecule is CC1(C)CN(c2cccc(Cl)c2C(=O)O)C1. The number of benzene rings is 1. The molecule has 0 radical (unpaired) electrons. The van der Waals surface area contributed by atoms with Gasteiger partial charge in [-0.25, -0.2) is 4.79 Å². The average molecular weight is 240 g/mol. The standard InChI is InChI=1S/C12H14ClNO2/c1-12(2)6-14(7-12)9-5-3-4-8(13)10(9)11(15)16/h3-5H,6-7H2,1-2H3,(H,15,16). The summed E-state index contributed by atoms with van der Waals surface area (Å²) in [6, 6.07) is 5.21. The van der Waals surface area contributed by atoms with Gasteiger partial charge in [-0.2, -0.15) is 0 Å². The summed E-state index contributed by atoms with van der Waals surface area (Å²) < 4.78 is 0. The van der Waals surface area contributed by atoms with Crippen LogP contribution in [0.5, 0.6) is 0 Å². The molecule has 1 N–H and O–H groups in total. The Kier molecular flexibility index (Phi) is 2.58. The molecule has 2 rings (SSSR count). The highest BCUT2D eigenvalue weighted by molar-refractivity contribution is 6.34. The van der Waals surface area contributed by atoms with Gasteiger partial charge in [0.1, 0.15) is 5.56 Å². The highest BCUT2D eigenvalue weighted by Gasteiger charge is 2.36. The first-order valence-electron chi connectivity index (χ1n) is 5.17. The molecule has 0 unspecified atom stereocenters. The smallest absolute Gasteiger partial charge is 0.339 e. The van der Waals surface area contributed by atoms with E-state index in [1.165, 1.54) is 0 Å². The van der Waals surface area contributed by atoms with Gasteiger partial charge in [0.05, 0.1) is 10.7 Å². The highest BCUT2D eigenvalue weighted by atomic mass is 35.5. The average Bonchev–Trinajstić information content (AvgIpc) is 2.12. The summed E-state index contributed by atoms with van der Waals surface area (Å²) in [4.78, 5) is 13.2. The topological polar surface area (TPSA) is 40.5 Å². The normalized spacial score (nSPS) is 18.1. The predicted octanol–water partition coefficient (Wildman–Crippen LogP) is 2.88. The number of carboxylic acids is 1. The Balaban J connectivity index is 2.35. The fourth-order valence-electron chi connectivity index (χ4n) is 2.15. The lowest BCUT2D eigenvalue weighted by atomic mass is 9.83. The van der Waals surface area contributed by atoms with E-state index >= 15 is 0 Å². The van der Waals surface area contributed by atoms with Crippen molar-refractivity contribution in [3.63, 3.8) is 0 Å². The first kappa shape index (κ1) is 11.3. The summed E-state index contributed by atoms with van der Waals surface area (Å²) in [5.74, 6) is -0.967. The molecule has 1 aromatic carbocycles. The molecule has 1 aliphatic rings. The van der Waals surface area contributed by atoms with Crippen LogP contribution in [0, 0.1) is 5.41 Å². The molecule has 0 aliphatic carbocycles. The number of halogens is 1. The van der Waals surface area contributed by atoms with Crippen molar-refractivity contribution >= 4 is 23.3 Å². The maximum Gasteiger partial charge on any atom is 0.339 e. The van der Waals surface area contributed by atoms with E-state index in [4.69, 9.17) is 16.7 Å². The van der Waals surface area contributed by atoms with E-state index in [9.17, 15) is 4.79 Å². The predicted molar refractivity (Wildman–Crippen MR) is 64.4 cm³/mol. The fourth-order valence-corrected chi connectivity index (χ4v) is 2.40. The van der Waals surface area contributed by atoms with Crippen molar-refractivity contribution in [3.8, 4) is 0 Å². The fraction of sp³-hybridized carbons (Fsp3) is 0.417. The number of hydrogen-bond acceptors (Lipinski definition) is 2. The van der Waals surface area contributed by atoms with Crippen molar-refractivity contribution in [1.82, 2.24) is 0 Å². The largest absolute Gasteiger partial charge is 0.478 e. The molecule has 1 heterocycles. The van der Waals surface area contributed by atoms with Crippen LogP contribution in [-0.2, 0) is 0 Å². The lowest BCUT2D eigenvalue weighted by Crippen LogP contribution is -2.53. The van der Waals surface area contributed by atoms with Crippen molar-refractivity contribution in [2.45, 2.75) is 13.8 Å². The van der Waals surface area contributed by atoms with Crippen molar-refractivity contribution in [2.75, 3.05) is 18.0 Å². The van der Waals surface area contributed by atoms with E-state index in [2.05, 4.69) is 18.7 Å². The van der Waals surface area contributed by atoms with Gasteiger partial charge < -0.3 is 10.0 Å². The molecule has 0 aromatic heterocycles. The first-order chi connectivity index (χ1) is 7.41. The molecule has 1 aliphatic heterocycles. The molecule has 16 heavy (non-hydrogen) atoms. The summed E-state index contributed by atoms with van der Waals surface area (Å²) in [5.41, 5.74) is 1.19. The van der Waals surface area contributed by atoms with Crippen LogP contribution in [0.25, 0.3) is 0 Å². The number of anilines is 1. The maximum atomic E-state index is 11.1. The van der Waals surface area contributed by atoms with E-state index in [0.717, 1.165) is 18.8 Å². The van der Waals surface area contributed by atoms with Gasteiger partial charge in [0, 0.05) is 13.1 Å². The molecule has 1 saturated heterocycles. The number of rotatable bonds is 2. The molecule has 0 amide bonds. The van der Waals surface area contributed by atoms with Gasteiger partial charge in [0.25, 0.3) is 0 Å². The first-order valence-corrected chi connectivity index (χ1v) is 5.55. The number of carbonyl (C=O) groups is 1. The third kappa shape index (κ3) is 1.87. The molecule has 1 fully saturated rings. The molecule has 0 bridgehead atoms. The Morgan fingerprint density at radius 2 is 2.06 bits per heavy atom. The van der Waals surface area contributed by atoms with Crippen LogP contribution in [0.3, 0.4) is 0 Å². The van der Waals surface area contributed by atoms with Gasteiger partial charge in [-0.15, -0.1) is 0 Å². The lowest BCUT2D eigenvalue weighted by molar-refractivity contribution is 0.0697. The molecule has 3 nitrogen and oxygen atoms in total. The summed E-state index contributed by atoms with van der Waals surface area (Å²) in [5, 5.41) is 9.43. The van der Waals surface area contributed by atoms with Crippen LogP contribution in [-0.4, -0.2) is 24.2 Å². The Hall–Kier alpha value is -1.22. The van der Waals surface area contributed by atoms with Gasteiger partial charge in [0.15, 0.2) is 0 Å². The van der Waals surface area contributed by atoms with Crippen molar-refractivity contribution in [2.24, 2.45) is 5.41 Å². The second kappa shape index (κ2) is 3.67. The van der Waals surface area contributed by atoms with Gasteiger partial charge >= 0.3 is 5.97 Å². The zero-order valence-corrected chi connectivity index (χ0v) is 10.1. The molecule has 0 atom stereocenters. The van der Waals surface area contributed by atoms with Crippen LogP contribution in [0.4, 0.5) is 5.69 Å². The zero-order valence-electron chi connectivity index (χ0n) is 9.33. The number of carboxylic acid groups (broad SMARTS) is 1. The Morgan fingerprint density at radius 3 is 2.56 bits per heavy atom. The molecule has 1 aromatic rings. The summed E-state index contributed by atoms with van der Waals surface area (Å²) in [6.07, 6.45) is 0. The zero-order chi connectivity index (χ0) is 11.9. The van der Waals surface area contributed by atoms with Crippen molar-refractivity contribution in [1.29, 1.82) is 0 Å². The summed E-state index contributed by atoms with van der Waals surface area (Å²) in [7, 11) is 0. The maximum absolute atomic E-state index is 11.1. The molecule has 4 heteroatoms. The minimum Gasteiger partial charge on any atom is -0.478 e. The van der Waals surface area contributed by atoms with Crippen LogP contribution in [0.1, 0.15) is 24.2 Å². The van der Waals surface area contributed by atoms with Gasteiger partial charge in [0.2, 0.25) is 0 Å². The van der Waals surface area contributed by atoms with Gasteiger partial charge in [-0.3, -0.25) is 0 Å². The summed E-state index contributed by atoms with van der Waals surface area (Å²) >= 11 is 5.91. The van der Waals surface area contributed by atoms with Gasteiger partial charge in [-0.05, 0) is 17.5 Å². The second-order valence-electron chi connectivity index (χ2n) is 4.96. The lowest BCUT2D eigenvalue weighted by Gasteiger charge is -2.47. The molecule has 86 valence electrons. The third-order valence-corrected chi connectivity index (χ3v) is 3.10. The minimum atomic E-state index is -0.967. The Bertz CT molecular complexity index is 435. The highest BCUT2D eigenvalue weighted by Crippen LogP contribution is 2.37. The molecule has 0 spiro atoms. The summed E-state index contributed by atoms with van der Waals surface area (Å²) in [6.45, 7) is 6.06. The van der Waals surface area contributed by atoms with Crippen LogP contribution in [0.15, 0.2) is 18.2 Å². The van der Waals surface area contributed by atoms with Crippen molar-refractivity contribution < 1.29 is 9.90 Å². The quantitative estimate of drug-likeness (QED) is 0.863. The Labute approximate surface area is 99.6 Å². The van der Waals surface area contributed by atoms with E-state index in [1.807, 2.05) is 6.07 Å². The Morgan fingerprint density at radius 1 is 1.44 bits per heavy atom. The molecule has 0 saturated carbocycles. The number of aromatic carboxylic acids is 1. The van der Waals surface area contributed by atoms with Crippen LogP contribution >= 0.6 is 11.6 Å². The van der Waals surface area contributed by atoms with E-state index in [1.54, 1.807) is 12.1 Å². The monoisotopic (exact) mass is 239 g/mol.